The number of hydrogen-bond acceptors (Lipinski definition) is 5. The van der Waals surface area contributed by atoms with Crippen molar-refractivity contribution in [1.82, 2.24) is 5.32 Å². The van der Waals surface area contributed by atoms with E-state index in [0.29, 0.717) is 5.76 Å². The molecule has 2 aromatic rings. The zero-order chi connectivity index (χ0) is 18.8. The van der Waals surface area contributed by atoms with Gasteiger partial charge in [0.1, 0.15) is 17.4 Å². The molecule has 0 fully saturated rings. The molecule has 134 valence electrons. The number of esters is 1. The van der Waals surface area contributed by atoms with Gasteiger partial charge in [-0.25, -0.2) is 4.79 Å². The van der Waals surface area contributed by atoms with E-state index < -0.39 is 18.5 Å². The minimum atomic E-state index is -0.865. The van der Waals surface area contributed by atoms with E-state index in [1.165, 1.54) is 17.9 Å². The largest absolute Gasteiger partial charge is 0.465 e. The van der Waals surface area contributed by atoms with Crippen LogP contribution in [-0.2, 0) is 20.7 Å². The third-order valence-electron chi connectivity index (χ3n) is 3.62. The molecule has 6 heteroatoms. The van der Waals surface area contributed by atoms with Gasteiger partial charge in [-0.2, -0.15) is 5.26 Å². The van der Waals surface area contributed by atoms with Crippen LogP contribution in [-0.4, -0.2) is 24.5 Å². The standard InChI is InChI=1S/C20H20N2O4/c1-15(9-10-16-6-3-2-4-7-16)22-19(23)14-26-20(24)17(13-21)12-18-8-5-11-25-18/h2-8,11-12,15H,9-10,14H2,1H3,(H,22,23)/b17-12+/t15-/m1/s1. The first-order valence-electron chi connectivity index (χ1n) is 8.24. The zero-order valence-electron chi connectivity index (χ0n) is 14.5. The predicted molar refractivity (Wildman–Crippen MR) is 95.6 cm³/mol. The molecule has 26 heavy (non-hydrogen) atoms. The molecular formula is C20H20N2O4. The van der Waals surface area contributed by atoms with Crippen molar-refractivity contribution in [3.05, 3.63) is 65.6 Å². The molecule has 1 amide bonds. The summed E-state index contributed by atoms with van der Waals surface area (Å²) in [4.78, 5) is 23.8. The van der Waals surface area contributed by atoms with Crippen LogP contribution in [0.4, 0.5) is 0 Å². The van der Waals surface area contributed by atoms with Gasteiger partial charge < -0.3 is 14.5 Å². The number of furan rings is 1. The average Bonchev–Trinajstić information content (AvgIpc) is 3.16. The first-order chi connectivity index (χ1) is 12.6. The first-order valence-corrected chi connectivity index (χ1v) is 8.24. The lowest BCUT2D eigenvalue weighted by atomic mass is 10.1. The molecule has 1 heterocycles. The van der Waals surface area contributed by atoms with E-state index in [2.05, 4.69) is 5.32 Å². The molecule has 0 saturated heterocycles. The highest BCUT2D eigenvalue weighted by Crippen LogP contribution is 2.08. The second-order valence-electron chi connectivity index (χ2n) is 5.75. The van der Waals surface area contributed by atoms with Gasteiger partial charge in [-0.05, 0) is 37.5 Å². The lowest BCUT2D eigenvalue weighted by Gasteiger charge is -2.14. The molecule has 2 rings (SSSR count). The molecule has 0 aliphatic carbocycles. The van der Waals surface area contributed by atoms with Crippen LogP contribution in [0.15, 0.2) is 58.7 Å². The van der Waals surface area contributed by atoms with Crippen molar-refractivity contribution in [3.63, 3.8) is 0 Å². The molecule has 0 aliphatic heterocycles. The molecule has 1 atom stereocenters. The molecule has 0 aliphatic rings. The summed E-state index contributed by atoms with van der Waals surface area (Å²) in [5, 5.41) is 11.8. The predicted octanol–water partition coefficient (Wildman–Crippen LogP) is 2.87. The Morgan fingerprint density at radius 3 is 2.69 bits per heavy atom. The monoisotopic (exact) mass is 352 g/mol. The summed E-state index contributed by atoms with van der Waals surface area (Å²) in [5.74, 6) is -0.914. The van der Waals surface area contributed by atoms with Gasteiger partial charge in [-0.3, -0.25) is 4.79 Å². The maximum absolute atomic E-state index is 11.9. The molecule has 0 unspecified atom stereocenters. The van der Waals surface area contributed by atoms with Gasteiger partial charge >= 0.3 is 5.97 Å². The number of nitrogens with zero attached hydrogens (tertiary/aromatic N) is 1. The van der Waals surface area contributed by atoms with Crippen LogP contribution in [0.5, 0.6) is 0 Å². The second kappa shape index (κ2) is 9.84. The summed E-state index contributed by atoms with van der Waals surface area (Å²) in [7, 11) is 0. The Kier molecular flexibility index (Phi) is 7.19. The number of aryl methyl sites for hydroxylation is 1. The van der Waals surface area contributed by atoms with Gasteiger partial charge in [0.15, 0.2) is 6.61 Å². The van der Waals surface area contributed by atoms with Gasteiger partial charge in [0.2, 0.25) is 0 Å². The summed E-state index contributed by atoms with van der Waals surface area (Å²) in [6.07, 6.45) is 4.30. The number of hydrogen-bond donors (Lipinski definition) is 1. The zero-order valence-corrected chi connectivity index (χ0v) is 14.5. The van der Waals surface area contributed by atoms with Crippen LogP contribution in [0.3, 0.4) is 0 Å². The Bertz CT molecular complexity index is 789. The Balaban J connectivity index is 1.75. The SMILES string of the molecule is C[C@H](CCc1ccccc1)NC(=O)COC(=O)/C(C#N)=C/c1ccco1. The Morgan fingerprint density at radius 1 is 1.27 bits per heavy atom. The Morgan fingerprint density at radius 2 is 2.04 bits per heavy atom. The van der Waals surface area contributed by atoms with Crippen molar-refractivity contribution in [3.8, 4) is 6.07 Å². The number of amides is 1. The van der Waals surface area contributed by atoms with Crippen LogP contribution < -0.4 is 5.32 Å². The number of nitrogens with one attached hydrogen (secondary N) is 1. The van der Waals surface area contributed by atoms with E-state index >= 15 is 0 Å². The van der Waals surface area contributed by atoms with Crippen molar-refractivity contribution in [2.45, 2.75) is 25.8 Å². The van der Waals surface area contributed by atoms with Gasteiger partial charge in [-0.15, -0.1) is 0 Å². The number of carbonyl (C=O) groups excluding carboxylic acids is 2. The highest BCUT2D eigenvalue weighted by atomic mass is 16.5. The Labute approximate surface area is 152 Å². The number of rotatable bonds is 8. The maximum atomic E-state index is 11.9. The fraction of sp³-hybridized carbons (Fsp3) is 0.250. The molecule has 0 radical (unpaired) electrons. The Hall–Kier alpha value is -3.33. The summed E-state index contributed by atoms with van der Waals surface area (Å²) >= 11 is 0. The number of benzene rings is 1. The highest BCUT2D eigenvalue weighted by Gasteiger charge is 2.15. The summed E-state index contributed by atoms with van der Waals surface area (Å²) in [6.45, 7) is 1.45. The van der Waals surface area contributed by atoms with Crippen LogP contribution >= 0.6 is 0 Å². The number of carbonyl (C=O) groups is 2. The van der Waals surface area contributed by atoms with E-state index in [9.17, 15) is 9.59 Å². The van der Waals surface area contributed by atoms with Crippen molar-refractivity contribution >= 4 is 18.0 Å². The molecule has 1 aromatic carbocycles. The van der Waals surface area contributed by atoms with Crippen LogP contribution in [0, 0.1) is 11.3 Å². The average molecular weight is 352 g/mol. The summed E-state index contributed by atoms with van der Waals surface area (Å²) in [5.41, 5.74) is 0.964. The van der Waals surface area contributed by atoms with E-state index in [0.717, 1.165) is 12.8 Å². The van der Waals surface area contributed by atoms with Gasteiger partial charge in [0, 0.05) is 12.1 Å². The van der Waals surface area contributed by atoms with Crippen molar-refractivity contribution in [2.75, 3.05) is 6.61 Å². The molecule has 1 aromatic heterocycles. The van der Waals surface area contributed by atoms with Crippen LogP contribution in [0.25, 0.3) is 6.08 Å². The fourth-order valence-corrected chi connectivity index (χ4v) is 2.28. The van der Waals surface area contributed by atoms with E-state index in [-0.39, 0.29) is 11.6 Å². The number of nitriles is 1. The number of ether oxygens (including phenoxy) is 1. The minimum absolute atomic E-state index is 0.0597. The smallest absolute Gasteiger partial charge is 0.349 e. The fourth-order valence-electron chi connectivity index (χ4n) is 2.28. The molecule has 6 nitrogen and oxygen atoms in total. The summed E-state index contributed by atoms with van der Waals surface area (Å²) in [6, 6.07) is 14.9. The lowest BCUT2D eigenvalue weighted by molar-refractivity contribution is -0.144. The first kappa shape index (κ1) is 19.0. The van der Waals surface area contributed by atoms with Gasteiger partial charge in [-0.1, -0.05) is 30.3 Å². The van der Waals surface area contributed by atoms with Crippen LogP contribution in [0.2, 0.25) is 0 Å². The highest BCUT2D eigenvalue weighted by molar-refractivity contribution is 5.98. The quantitative estimate of drug-likeness (QED) is 0.448. The van der Waals surface area contributed by atoms with Crippen molar-refractivity contribution in [2.24, 2.45) is 0 Å². The topological polar surface area (TPSA) is 92.3 Å². The molecular weight excluding hydrogens is 332 g/mol. The van der Waals surface area contributed by atoms with E-state index in [1.807, 2.05) is 37.3 Å². The third kappa shape index (κ3) is 6.29. The molecule has 1 N–H and O–H groups in total. The molecule has 0 spiro atoms. The maximum Gasteiger partial charge on any atom is 0.349 e. The minimum Gasteiger partial charge on any atom is -0.465 e. The third-order valence-corrected chi connectivity index (χ3v) is 3.62. The van der Waals surface area contributed by atoms with Gasteiger partial charge in [0.25, 0.3) is 5.91 Å². The van der Waals surface area contributed by atoms with Crippen molar-refractivity contribution in [1.29, 1.82) is 5.26 Å². The van der Waals surface area contributed by atoms with E-state index in [4.69, 9.17) is 14.4 Å². The summed E-state index contributed by atoms with van der Waals surface area (Å²) < 4.78 is 9.93. The second-order valence-corrected chi connectivity index (χ2v) is 5.75. The van der Waals surface area contributed by atoms with Crippen molar-refractivity contribution < 1.29 is 18.7 Å². The lowest BCUT2D eigenvalue weighted by Crippen LogP contribution is -2.36. The molecule has 0 saturated carbocycles. The van der Waals surface area contributed by atoms with Gasteiger partial charge in [0.05, 0.1) is 6.26 Å². The van der Waals surface area contributed by atoms with Crippen LogP contribution in [0.1, 0.15) is 24.7 Å². The molecule has 0 bridgehead atoms. The normalized spacial score (nSPS) is 12.1. The van der Waals surface area contributed by atoms with E-state index in [1.54, 1.807) is 18.2 Å².